The van der Waals surface area contributed by atoms with Gasteiger partial charge in [0.1, 0.15) is 0 Å². The fourth-order valence-corrected chi connectivity index (χ4v) is 3.50. The van der Waals surface area contributed by atoms with E-state index in [1.165, 1.54) is 11.1 Å². The van der Waals surface area contributed by atoms with E-state index >= 15 is 0 Å². The van der Waals surface area contributed by atoms with E-state index in [9.17, 15) is 4.79 Å². The molecule has 2 rings (SSSR count). The molecule has 1 amide bonds. The van der Waals surface area contributed by atoms with Crippen molar-refractivity contribution in [3.63, 3.8) is 0 Å². The van der Waals surface area contributed by atoms with Crippen LogP contribution in [0.25, 0.3) is 0 Å². The van der Waals surface area contributed by atoms with Crippen molar-refractivity contribution in [3.8, 4) is 0 Å². The molecule has 0 spiro atoms. The summed E-state index contributed by atoms with van der Waals surface area (Å²) in [5, 5.41) is 0. The van der Waals surface area contributed by atoms with Crippen molar-refractivity contribution in [2.45, 2.75) is 51.5 Å². The van der Waals surface area contributed by atoms with Gasteiger partial charge in [0.05, 0.1) is 0 Å². The Morgan fingerprint density at radius 2 is 2.14 bits per heavy atom. The molecular formula is C19H30N2O. The lowest BCUT2D eigenvalue weighted by molar-refractivity contribution is -0.133. The second-order valence-corrected chi connectivity index (χ2v) is 6.78. The quantitative estimate of drug-likeness (QED) is 0.832. The summed E-state index contributed by atoms with van der Waals surface area (Å²) >= 11 is 0. The summed E-state index contributed by atoms with van der Waals surface area (Å²) in [5.74, 6) is 0.742. The Morgan fingerprint density at radius 1 is 1.36 bits per heavy atom. The highest BCUT2D eigenvalue weighted by atomic mass is 16.2. The predicted molar refractivity (Wildman–Crippen MR) is 92.1 cm³/mol. The SMILES string of the molecule is CCCCC(=O)N1CC[C@@H](N(C)C)[C@@H](c2cccc(C)c2)C1. The van der Waals surface area contributed by atoms with Gasteiger partial charge in [0.2, 0.25) is 5.91 Å². The number of piperidine rings is 1. The third-order valence-corrected chi connectivity index (χ3v) is 4.81. The molecule has 0 aromatic heterocycles. The van der Waals surface area contributed by atoms with Crippen molar-refractivity contribution in [1.29, 1.82) is 0 Å². The average Bonchev–Trinajstić information content (AvgIpc) is 2.51. The lowest BCUT2D eigenvalue weighted by Crippen LogP contribution is -2.49. The normalized spacial score (nSPS) is 22.1. The van der Waals surface area contributed by atoms with Gasteiger partial charge in [0.25, 0.3) is 0 Å². The fourth-order valence-electron chi connectivity index (χ4n) is 3.50. The zero-order chi connectivity index (χ0) is 16.1. The first-order chi connectivity index (χ1) is 10.5. The Hall–Kier alpha value is -1.35. The van der Waals surface area contributed by atoms with Crippen LogP contribution in [0.3, 0.4) is 0 Å². The Bertz CT molecular complexity index is 498. The van der Waals surface area contributed by atoms with E-state index < -0.39 is 0 Å². The number of likely N-dealkylation sites (N-methyl/N-ethyl adjacent to an activating group) is 1. The van der Waals surface area contributed by atoms with Crippen molar-refractivity contribution in [3.05, 3.63) is 35.4 Å². The maximum Gasteiger partial charge on any atom is 0.222 e. The number of hydrogen-bond acceptors (Lipinski definition) is 2. The number of hydrogen-bond donors (Lipinski definition) is 0. The number of aryl methyl sites for hydroxylation is 1. The Kier molecular flexibility index (Phi) is 6.01. The monoisotopic (exact) mass is 302 g/mol. The highest BCUT2D eigenvalue weighted by Gasteiger charge is 2.33. The number of nitrogens with zero attached hydrogens (tertiary/aromatic N) is 2. The molecule has 0 bridgehead atoms. The summed E-state index contributed by atoms with van der Waals surface area (Å²) in [6.45, 7) is 6.03. The van der Waals surface area contributed by atoms with Crippen LogP contribution in [-0.2, 0) is 4.79 Å². The largest absolute Gasteiger partial charge is 0.342 e. The maximum absolute atomic E-state index is 12.4. The number of benzene rings is 1. The van der Waals surface area contributed by atoms with E-state index in [0.717, 1.165) is 32.4 Å². The van der Waals surface area contributed by atoms with Crippen molar-refractivity contribution >= 4 is 5.91 Å². The van der Waals surface area contributed by atoms with Gasteiger partial charge in [-0.15, -0.1) is 0 Å². The third-order valence-electron chi connectivity index (χ3n) is 4.81. The maximum atomic E-state index is 12.4. The van der Waals surface area contributed by atoms with Crippen LogP contribution in [0.4, 0.5) is 0 Å². The summed E-state index contributed by atoms with van der Waals surface area (Å²) in [7, 11) is 4.31. The number of likely N-dealkylation sites (tertiary alicyclic amines) is 1. The summed E-state index contributed by atoms with van der Waals surface area (Å²) in [4.78, 5) is 16.8. The highest BCUT2D eigenvalue weighted by Crippen LogP contribution is 2.30. The van der Waals surface area contributed by atoms with E-state index in [0.29, 0.717) is 24.3 Å². The first-order valence-corrected chi connectivity index (χ1v) is 8.53. The zero-order valence-electron chi connectivity index (χ0n) is 14.5. The van der Waals surface area contributed by atoms with Gasteiger partial charge in [0.15, 0.2) is 0 Å². The molecule has 0 aliphatic carbocycles. The van der Waals surface area contributed by atoms with Gasteiger partial charge in [-0.2, -0.15) is 0 Å². The highest BCUT2D eigenvalue weighted by molar-refractivity contribution is 5.76. The van der Waals surface area contributed by atoms with Crippen LogP contribution in [0.2, 0.25) is 0 Å². The Morgan fingerprint density at radius 3 is 2.77 bits per heavy atom. The summed E-state index contributed by atoms with van der Waals surface area (Å²) in [6.07, 6.45) is 3.84. The van der Waals surface area contributed by atoms with Crippen LogP contribution in [0.5, 0.6) is 0 Å². The minimum absolute atomic E-state index is 0.330. The summed E-state index contributed by atoms with van der Waals surface area (Å²) in [5.41, 5.74) is 2.66. The molecule has 1 aliphatic heterocycles. The summed E-state index contributed by atoms with van der Waals surface area (Å²) < 4.78 is 0. The van der Waals surface area contributed by atoms with Crippen LogP contribution >= 0.6 is 0 Å². The van der Waals surface area contributed by atoms with E-state index in [2.05, 4.69) is 62.0 Å². The standard InChI is InChI=1S/C19H30N2O/c1-5-6-10-19(22)21-12-11-18(20(3)4)17(14-21)16-9-7-8-15(2)13-16/h7-9,13,17-18H,5-6,10-12,14H2,1-4H3/t17-,18-/m1/s1. The minimum atomic E-state index is 0.330. The smallest absolute Gasteiger partial charge is 0.222 e. The molecular weight excluding hydrogens is 272 g/mol. The van der Waals surface area contributed by atoms with Crippen molar-refractivity contribution < 1.29 is 4.79 Å². The molecule has 22 heavy (non-hydrogen) atoms. The molecule has 0 radical (unpaired) electrons. The zero-order valence-corrected chi connectivity index (χ0v) is 14.5. The minimum Gasteiger partial charge on any atom is -0.342 e. The first kappa shape index (κ1) is 17.0. The molecule has 1 fully saturated rings. The van der Waals surface area contributed by atoms with Gasteiger partial charge < -0.3 is 9.80 Å². The van der Waals surface area contributed by atoms with Gasteiger partial charge in [-0.05, 0) is 39.4 Å². The molecule has 122 valence electrons. The molecule has 1 aromatic rings. The lowest BCUT2D eigenvalue weighted by Gasteiger charge is -2.42. The van der Waals surface area contributed by atoms with Crippen LogP contribution in [0.15, 0.2) is 24.3 Å². The number of unbranched alkanes of at least 4 members (excludes halogenated alkanes) is 1. The fraction of sp³-hybridized carbons (Fsp3) is 0.632. The van der Waals surface area contributed by atoms with E-state index in [-0.39, 0.29) is 0 Å². The van der Waals surface area contributed by atoms with E-state index in [1.54, 1.807) is 0 Å². The molecule has 0 unspecified atom stereocenters. The van der Waals surface area contributed by atoms with Crippen molar-refractivity contribution in [1.82, 2.24) is 9.80 Å². The van der Waals surface area contributed by atoms with Crippen LogP contribution in [0, 0.1) is 6.92 Å². The van der Waals surface area contributed by atoms with Crippen molar-refractivity contribution in [2.24, 2.45) is 0 Å². The van der Waals surface area contributed by atoms with Gasteiger partial charge >= 0.3 is 0 Å². The molecule has 1 saturated heterocycles. The molecule has 1 aliphatic rings. The average molecular weight is 302 g/mol. The van der Waals surface area contributed by atoms with E-state index in [4.69, 9.17) is 0 Å². The van der Waals surface area contributed by atoms with Gasteiger partial charge in [0, 0.05) is 31.5 Å². The van der Waals surface area contributed by atoms with Crippen LogP contribution < -0.4 is 0 Å². The second-order valence-electron chi connectivity index (χ2n) is 6.78. The molecule has 1 aromatic carbocycles. The predicted octanol–water partition coefficient (Wildman–Crippen LogP) is 3.43. The first-order valence-electron chi connectivity index (χ1n) is 8.53. The second kappa shape index (κ2) is 7.77. The number of amides is 1. The molecule has 0 N–H and O–H groups in total. The Balaban J connectivity index is 2.16. The summed E-state index contributed by atoms with van der Waals surface area (Å²) in [6, 6.07) is 9.28. The van der Waals surface area contributed by atoms with Crippen LogP contribution in [0.1, 0.15) is 49.7 Å². The molecule has 3 nitrogen and oxygen atoms in total. The Labute approximate surface area is 135 Å². The number of rotatable bonds is 5. The van der Waals surface area contributed by atoms with E-state index in [1.807, 2.05) is 0 Å². The topological polar surface area (TPSA) is 23.6 Å². The van der Waals surface area contributed by atoms with Crippen LogP contribution in [-0.4, -0.2) is 48.9 Å². The molecule has 3 heteroatoms. The van der Waals surface area contributed by atoms with Gasteiger partial charge in [-0.1, -0.05) is 43.2 Å². The number of carbonyl (C=O) groups is 1. The third kappa shape index (κ3) is 4.10. The van der Waals surface area contributed by atoms with Gasteiger partial charge in [-0.3, -0.25) is 4.79 Å². The number of carbonyl (C=O) groups excluding carboxylic acids is 1. The van der Waals surface area contributed by atoms with Crippen molar-refractivity contribution in [2.75, 3.05) is 27.2 Å². The molecule has 1 heterocycles. The molecule has 0 saturated carbocycles. The molecule has 2 atom stereocenters. The lowest BCUT2D eigenvalue weighted by atomic mass is 9.84. The van der Waals surface area contributed by atoms with Gasteiger partial charge in [-0.25, -0.2) is 0 Å².